The summed E-state index contributed by atoms with van der Waals surface area (Å²) in [5, 5.41) is 6.73. The SMILES string of the molecule is CC1CC(NC2CCCC2CNC(=O)OC(C)(C)C)CCO1. The maximum Gasteiger partial charge on any atom is 0.407 e. The minimum Gasteiger partial charge on any atom is -0.444 e. The van der Waals surface area contributed by atoms with Gasteiger partial charge in [-0.3, -0.25) is 0 Å². The number of nitrogens with one attached hydrogen (secondary N) is 2. The van der Waals surface area contributed by atoms with E-state index in [4.69, 9.17) is 9.47 Å². The first kappa shape index (κ1) is 17.5. The summed E-state index contributed by atoms with van der Waals surface area (Å²) in [6, 6.07) is 1.06. The summed E-state index contributed by atoms with van der Waals surface area (Å²) >= 11 is 0. The van der Waals surface area contributed by atoms with Crippen molar-refractivity contribution in [2.45, 2.75) is 83.6 Å². The van der Waals surface area contributed by atoms with E-state index in [1.807, 2.05) is 20.8 Å². The molecule has 128 valence electrons. The highest BCUT2D eigenvalue weighted by molar-refractivity contribution is 5.67. The van der Waals surface area contributed by atoms with E-state index in [1.54, 1.807) is 0 Å². The van der Waals surface area contributed by atoms with Crippen LogP contribution in [0.5, 0.6) is 0 Å². The molecule has 0 spiro atoms. The molecular formula is C17H32N2O3. The van der Waals surface area contributed by atoms with Crippen molar-refractivity contribution in [3.05, 3.63) is 0 Å². The van der Waals surface area contributed by atoms with Gasteiger partial charge in [0.2, 0.25) is 0 Å². The zero-order valence-electron chi connectivity index (χ0n) is 14.5. The van der Waals surface area contributed by atoms with E-state index < -0.39 is 5.60 Å². The van der Waals surface area contributed by atoms with Crippen molar-refractivity contribution in [3.8, 4) is 0 Å². The zero-order valence-corrected chi connectivity index (χ0v) is 14.5. The molecule has 0 radical (unpaired) electrons. The van der Waals surface area contributed by atoms with E-state index >= 15 is 0 Å². The normalized spacial score (nSPS) is 32.7. The number of hydrogen-bond acceptors (Lipinski definition) is 4. The molecular weight excluding hydrogens is 280 g/mol. The van der Waals surface area contributed by atoms with Crippen molar-refractivity contribution in [1.82, 2.24) is 10.6 Å². The Morgan fingerprint density at radius 1 is 1.27 bits per heavy atom. The van der Waals surface area contributed by atoms with Crippen molar-refractivity contribution in [1.29, 1.82) is 0 Å². The predicted molar refractivity (Wildman–Crippen MR) is 86.9 cm³/mol. The van der Waals surface area contributed by atoms with Crippen molar-refractivity contribution in [2.75, 3.05) is 13.2 Å². The summed E-state index contributed by atoms with van der Waals surface area (Å²) < 4.78 is 10.9. The molecule has 0 bridgehead atoms. The van der Waals surface area contributed by atoms with E-state index in [9.17, 15) is 4.79 Å². The molecule has 1 saturated carbocycles. The molecule has 2 rings (SSSR count). The van der Waals surface area contributed by atoms with Crippen LogP contribution in [0, 0.1) is 5.92 Å². The van der Waals surface area contributed by atoms with Crippen LogP contribution >= 0.6 is 0 Å². The van der Waals surface area contributed by atoms with Crippen LogP contribution < -0.4 is 10.6 Å². The van der Waals surface area contributed by atoms with Crippen LogP contribution in [-0.4, -0.2) is 43.0 Å². The molecule has 2 fully saturated rings. The number of rotatable bonds is 4. The maximum absolute atomic E-state index is 11.8. The lowest BCUT2D eigenvalue weighted by Crippen LogP contribution is -2.47. The first-order valence-corrected chi connectivity index (χ1v) is 8.68. The lowest BCUT2D eigenvalue weighted by atomic mass is 9.98. The van der Waals surface area contributed by atoms with E-state index in [-0.39, 0.29) is 6.09 Å². The van der Waals surface area contributed by atoms with Gasteiger partial charge in [-0.15, -0.1) is 0 Å². The van der Waals surface area contributed by atoms with E-state index in [0.717, 1.165) is 19.4 Å². The zero-order chi connectivity index (χ0) is 16.2. The highest BCUT2D eigenvalue weighted by Gasteiger charge is 2.31. The minimum absolute atomic E-state index is 0.308. The second-order valence-electron chi connectivity index (χ2n) is 7.75. The summed E-state index contributed by atoms with van der Waals surface area (Å²) in [4.78, 5) is 11.8. The largest absolute Gasteiger partial charge is 0.444 e. The van der Waals surface area contributed by atoms with Crippen LogP contribution in [0.25, 0.3) is 0 Å². The van der Waals surface area contributed by atoms with Crippen molar-refractivity contribution >= 4 is 6.09 Å². The molecule has 1 saturated heterocycles. The molecule has 1 amide bonds. The Hall–Kier alpha value is -0.810. The maximum atomic E-state index is 11.8. The van der Waals surface area contributed by atoms with Gasteiger partial charge in [-0.25, -0.2) is 4.79 Å². The van der Waals surface area contributed by atoms with E-state index in [1.165, 1.54) is 19.3 Å². The Balaban J connectivity index is 1.74. The highest BCUT2D eigenvalue weighted by Crippen LogP contribution is 2.27. The molecule has 22 heavy (non-hydrogen) atoms. The number of ether oxygens (including phenoxy) is 2. The third kappa shape index (κ3) is 5.76. The van der Waals surface area contributed by atoms with Crippen LogP contribution in [0.2, 0.25) is 0 Å². The Bertz CT molecular complexity index is 367. The highest BCUT2D eigenvalue weighted by atomic mass is 16.6. The van der Waals surface area contributed by atoms with Gasteiger partial charge in [0.1, 0.15) is 5.60 Å². The number of carbonyl (C=O) groups is 1. The Morgan fingerprint density at radius 2 is 2.05 bits per heavy atom. The fourth-order valence-corrected chi connectivity index (χ4v) is 3.48. The first-order valence-electron chi connectivity index (χ1n) is 8.68. The van der Waals surface area contributed by atoms with Gasteiger partial charge < -0.3 is 20.1 Å². The third-order valence-electron chi connectivity index (χ3n) is 4.50. The summed E-state index contributed by atoms with van der Waals surface area (Å²) in [6.45, 7) is 9.36. The van der Waals surface area contributed by atoms with E-state index in [0.29, 0.717) is 30.7 Å². The topological polar surface area (TPSA) is 59.6 Å². The Labute approximate surface area is 134 Å². The van der Waals surface area contributed by atoms with Crippen LogP contribution in [-0.2, 0) is 9.47 Å². The molecule has 4 unspecified atom stereocenters. The minimum atomic E-state index is -0.435. The lowest BCUT2D eigenvalue weighted by molar-refractivity contribution is 0.0103. The predicted octanol–water partition coefficient (Wildman–Crippen LogP) is 2.84. The second kappa shape index (κ2) is 7.64. The number of alkyl carbamates (subject to hydrolysis) is 1. The smallest absolute Gasteiger partial charge is 0.407 e. The summed E-state index contributed by atoms with van der Waals surface area (Å²) in [5.74, 6) is 0.505. The fourth-order valence-electron chi connectivity index (χ4n) is 3.48. The van der Waals surface area contributed by atoms with Gasteiger partial charge >= 0.3 is 6.09 Å². The second-order valence-corrected chi connectivity index (χ2v) is 7.75. The fraction of sp³-hybridized carbons (Fsp3) is 0.941. The molecule has 2 aliphatic rings. The average Bonchev–Trinajstić information content (AvgIpc) is 2.82. The standard InChI is InChI=1S/C17H32N2O3/c1-12-10-14(8-9-21-12)19-15-7-5-6-13(15)11-18-16(20)22-17(2,3)4/h12-15,19H,5-11H2,1-4H3,(H,18,20). The van der Waals surface area contributed by atoms with Crippen molar-refractivity contribution in [3.63, 3.8) is 0 Å². The molecule has 1 aliphatic heterocycles. The third-order valence-corrected chi connectivity index (χ3v) is 4.50. The lowest BCUT2D eigenvalue weighted by Gasteiger charge is -2.32. The van der Waals surface area contributed by atoms with Crippen LogP contribution in [0.3, 0.4) is 0 Å². The summed E-state index contributed by atoms with van der Waals surface area (Å²) in [5.41, 5.74) is -0.435. The van der Waals surface area contributed by atoms with Crippen LogP contribution in [0.4, 0.5) is 4.79 Å². The monoisotopic (exact) mass is 312 g/mol. The number of carbonyl (C=O) groups excluding carboxylic acids is 1. The summed E-state index contributed by atoms with van der Waals surface area (Å²) in [7, 11) is 0. The summed E-state index contributed by atoms with van der Waals surface area (Å²) in [6.07, 6.45) is 5.83. The van der Waals surface area contributed by atoms with Crippen LogP contribution in [0.1, 0.15) is 59.8 Å². The Morgan fingerprint density at radius 3 is 2.73 bits per heavy atom. The molecule has 0 aromatic rings. The van der Waals surface area contributed by atoms with Gasteiger partial charge in [0.25, 0.3) is 0 Å². The quantitative estimate of drug-likeness (QED) is 0.838. The Kier molecular flexibility index (Phi) is 6.09. The molecule has 0 aromatic carbocycles. The first-order chi connectivity index (χ1) is 10.3. The number of amides is 1. The van der Waals surface area contributed by atoms with Gasteiger partial charge in [0.15, 0.2) is 0 Å². The van der Waals surface area contributed by atoms with Crippen molar-refractivity contribution < 1.29 is 14.3 Å². The van der Waals surface area contributed by atoms with Gasteiger partial charge in [0, 0.05) is 25.2 Å². The van der Waals surface area contributed by atoms with E-state index in [2.05, 4.69) is 17.6 Å². The molecule has 5 heteroatoms. The van der Waals surface area contributed by atoms with Gasteiger partial charge in [-0.1, -0.05) is 6.42 Å². The molecule has 2 N–H and O–H groups in total. The molecule has 0 aromatic heterocycles. The molecule has 4 atom stereocenters. The van der Waals surface area contributed by atoms with Gasteiger partial charge in [0.05, 0.1) is 6.10 Å². The molecule has 1 heterocycles. The molecule has 1 aliphatic carbocycles. The van der Waals surface area contributed by atoms with Gasteiger partial charge in [-0.05, 0) is 59.3 Å². The molecule has 5 nitrogen and oxygen atoms in total. The average molecular weight is 312 g/mol. The number of hydrogen-bond donors (Lipinski definition) is 2. The van der Waals surface area contributed by atoms with Gasteiger partial charge in [-0.2, -0.15) is 0 Å². The van der Waals surface area contributed by atoms with Crippen molar-refractivity contribution in [2.24, 2.45) is 5.92 Å². The van der Waals surface area contributed by atoms with Crippen LogP contribution in [0.15, 0.2) is 0 Å².